The third-order valence-electron chi connectivity index (χ3n) is 4.13. The van der Waals surface area contributed by atoms with Crippen LogP contribution in [0.1, 0.15) is 23.6 Å². The van der Waals surface area contributed by atoms with Crippen LogP contribution in [-0.4, -0.2) is 39.9 Å². The second-order valence-corrected chi connectivity index (χ2v) is 6.31. The fourth-order valence-corrected chi connectivity index (χ4v) is 2.63. The van der Waals surface area contributed by atoms with E-state index in [9.17, 15) is 0 Å². The maximum Gasteiger partial charge on any atom is 0.191 e. The Bertz CT molecular complexity index is 745. The SMILES string of the molecule is CCOc1cc(C)ccc1CNC(=NC)NCc1ccc(OCCOC)cc1. The van der Waals surface area contributed by atoms with E-state index < -0.39 is 0 Å². The molecule has 2 aromatic carbocycles. The summed E-state index contributed by atoms with van der Waals surface area (Å²) in [7, 11) is 3.43. The van der Waals surface area contributed by atoms with Crippen LogP contribution in [0.2, 0.25) is 0 Å². The van der Waals surface area contributed by atoms with Crippen molar-refractivity contribution in [3.8, 4) is 11.5 Å². The van der Waals surface area contributed by atoms with E-state index in [2.05, 4.69) is 40.7 Å². The Labute approximate surface area is 167 Å². The van der Waals surface area contributed by atoms with Gasteiger partial charge in [0, 0.05) is 32.8 Å². The first-order valence-electron chi connectivity index (χ1n) is 9.53. The third-order valence-corrected chi connectivity index (χ3v) is 4.13. The molecule has 0 saturated heterocycles. The Morgan fingerprint density at radius 2 is 1.71 bits per heavy atom. The monoisotopic (exact) mass is 385 g/mol. The molecule has 0 fully saturated rings. The van der Waals surface area contributed by atoms with Gasteiger partial charge >= 0.3 is 0 Å². The number of ether oxygens (including phenoxy) is 3. The first-order chi connectivity index (χ1) is 13.7. The number of nitrogens with one attached hydrogen (secondary N) is 2. The minimum Gasteiger partial charge on any atom is -0.494 e. The summed E-state index contributed by atoms with van der Waals surface area (Å²) in [6.07, 6.45) is 0. The zero-order valence-electron chi connectivity index (χ0n) is 17.2. The number of guanidine groups is 1. The molecular formula is C22H31N3O3. The summed E-state index contributed by atoms with van der Waals surface area (Å²) in [5.74, 6) is 2.49. The molecule has 0 aliphatic rings. The van der Waals surface area contributed by atoms with E-state index in [4.69, 9.17) is 14.2 Å². The topological polar surface area (TPSA) is 64.1 Å². The van der Waals surface area contributed by atoms with E-state index in [1.807, 2.05) is 31.2 Å². The Kier molecular flexibility index (Phi) is 9.15. The van der Waals surface area contributed by atoms with Crippen LogP contribution >= 0.6 is 0 Å². The predicted octanol–water partition coefficient (Wildman–Crippen LogP) is 3.28. The fraction of sp³-hybridized carbons (Fsp3) is 0.409. The molecule has 0 saturated carbocycles. The lowest BCUT2D eigenvalue weighted by Crippen LogP contribution is -2.36. The van der Waals surface area contributed by atoms with Crippen LogP contribution in [0.25, 0.3) is 0 Å². The first kappa shape index (κ1) is 21.6. The summed E-state index contributed by atoms with van der Waals surface area (Å²) in [5, 5.41) is 6.67. The zero-order chi connectivity index (χ0) is 20.2. The predicted molar refractivity (Wildman–Crippen MR) is 113 cm³/mol. The molecule has 0 radical (unpaired) electrons. The molecule has 0 aliphatic carbocycles. The van der Waals surface area contributed by atoms with Crippen molar-refractivity contribution in [2.45, 2.75) is 26.9 Å². The van der Waals surface area contributed by atoms with Crippen LogP contribution < -0.4 is 20.1 Å². The van der Waals surface area contributed by atoms with E-state index in [1.54, 1.807) is 14.2 Å². The van der Waals surface area contributed by atoms with Crippen LogP contribution in [-0.2, 0) is 17.8 Å². The number of aliphatic imine (C=N–C) groups is 1. The molecule has 0 atom stereocenters. The van der Waals surface area contributed by atoms with E-state index in [-0.39, 0.29) is 0 Å². The summed E-state index contributed by atoms with van der Waals surface area (Å²) in [4.78, 5) is 4.29. The lowest BCUT2D eigenvalue weighted by atomic mass is 10.1. The molecule has 6 heteroatoms. The highest BCUT2D eigenvalue weighted by atomic mass is 16.5. The Morgan fingerprint density at radius 1 is 0.964 bits per heavy atom. The third kappa shape index (κ3) is 7.12. The molecule has 2 rings (SSSR count). The van der Waals surface area contributed by atoms with Crippen molar-refractivity contribution >= 4 is 5.96 Å². The molecule has 2 N–H and O–H groups in total. The molecule has 0 heterocycles. The Hall–Kier alpha value is -2.73. The number of benzene rings is 2. The van der Waals surface area contributed by atoms with Crippen LogP contribution in [0, 0.1) is 6.92 Å². The van der Waals surface area contributed by atoms with Crippen molar-refractivity contribution in [2.75, 3.05) is 34.0 Å². The number of rotatable bonds is 10. The Balaban J connectivity index is 1.85. The maximum atomic E-state index is 5.74. The summed E-state index contributed by atoms with van der Waals surface area (Å²) in [6, 6.07) is 14.2. The van der Waals surface area contributed by atoms with Crippen molar-refractivity contribution in [1.29, 1.82) is 0 Å². The molecule has 152 valence electrons. The smallest absolute Gasteiger partial charge is 0.191 e. The molecule has 6 nitrogen and oxygen atoms in total. The van der Waals surface area contributed by atoms with Gasteiger partial charge in [0.2, 0.25) is 0 Å². The minimum atomic E-state index is 0.549. The van der Waals surface area contributed by atoms with Crippen LogP contribution in [0.5, 0.6) is 11.5 Å². The van der Waals surface area contributed by atoms with Crippen molar-refractivity contribution in [3.63, 3.8) is 0 Å². The normalized spacial score (nSPS) is 11.2. The average molecular weight is 386 g/mol. The van der Waals surface area contributed by atoms with Gasteiger partial charge in [-0.2, -0.15) is 0 Å². The van der Waals surface area contributed by atoms with Gasteiger partial charge in [-0.3, -0.25) is 4.99 Å². The number of hydrogen-bond donors (Lipinski definition) is 2. The fourth-order valence-electron chi connectivity index (χ4n) is 2.63. The van der Waals surface area contributed by atoms with Crippen molar-refractivity contribution in [1.82, 2.24) is 10.6 Å². The van der Waals surface area contributed by atoms with Crippen molar-refractivity contribution in [3.05, 3.63) is 59.2 Å². The highest BCUT2D eigenvalue weighted by Gasteiger charge is 2.06. The molecule has 0 bridgehead atoms. The van der Waals surface area contributed by atoms with E-state index in [0.29, 0.717) is 32.9 Å². The highest BCUT2D eigenvalue weighted by molar-refractivity contribution is 5.79. The number of hydrogen-bond acceptors (Lipinski definition) is 4. The summed E-state index contributed by atoms with van der Waals surface area (Å²) < 4.78 is 16.3. The standard InChI is InChI=1S/C22H31N3O3/c1-5-27-21-14-17(2)6-9-19(21)16-25-22(23-3)24-15-18-7-10-20(11-8-18)28-13-12-26-4/h6-11,14H,5,12-13,15-16H2,1-4H3,(H2,23,24,25). The van der Waals surface area contributed by atoms with Gasteiger partial charge in [0.05, 0.1) is 13.2 Å². The van der Waals surface area contributed by atoms with Gasteiger partial charge in [0.15, 0.2) is 5.96 Å². The molecule has 0 spiro atoms. The molecule has 0 unspecified atom stereocenters. The van der Waals surface area contributed by atoms with Gasteiger partial charge in [-0.05, 0) is 43.2 Å². The van der Waals surface area contributed by atoms with Crippen molar-refractivity contribution in [2.24, 2.45) is 4.99 Å². The Morgan fingerprint density at radius 3 is 2.39 bits per heavy atom. The van der Waals surface area contributed by atoms with Gasteiger partial charge in [-0.25, -0.2) is 0 Å². The second kappa shape index (κ2) is 11.9. The molecular weight excluding hydrogens is 354 g/mol. The zero-order valence-corrected chi connectivity index (χ0v) is 17.2. The first-order valence-corrected chi connectivity index (χ1v) is 9.53. The molecule has 0 aliphatic heterocycles. The van der Waals surface area contributed by atoms with Gasteiger partial charge in [-0.1, -0.05) is 24.3 Å². The number of aryl methyl sites for hydroxylation is 1. The van der Waals surface area contributed by atoms with E-state index in [1.165, 1.54) is 5.56 Å². The van der Waals surface area contributed by atoms with Crippen molar-refractivity contribution < 1.29 is 14.2 Å². The summed E-state index contributed by atoms with van der Waals surface area (Å²) in [5.41, 5.74) is 3.43. The lowest BCUT2D eigenvalue weighted by Gasteiger charge is -2.15. The van der Waals surface area contributed by atoms with Crippen LogP contribution in [0.4, 0.5) is 0 Å². The maximum absolute atomic E-state index is 5.74. The van der Waals surface area contributed by atoms with E-state index >= 15 is 0 Å². The van der Waals surface area contributed by atoms with Gasteiger partial charge < -0.3 is 24.8 Å². The quantitative estimate of drug-likeness (QED) is 0.373. The number of nitrogens with zero attached hydrogens (tertiary/aromatic N) is 1. The average Bonchev–Trinajstić information content (AvgIpc) is 2.71. The molecule has 0 aromatic heterocycles. The summed E-state index contributed by atoms with van der Waals surface area (Å²) >= 11 is 0. The van der Waals surface area contributed by atoms with Crippen LogP contribution in [0.15, 0.2) is 47.5 Å². The molecule has 0 amide bonds. The van der Waals surface area contributed by atoms with Crippen LogP contribution in [0.3, 0.4) is 0 Å². The largest absolute Gasteiger partial charge is 0.494 e. The molecule has 2 aromatic rings. The van der Waals surface area contributed by atoms with E-state index in [0.717, 1.165) is 28.6 Å². The van der Waals surface area contributed by atoms with Gasteiger partial charge in [0.25, 0.3) is 0 Å². The second-order valence-electron chi connectivity index (χ2n) is 6.31. The highest BCUT2D eigenvalue weighted by Crippen LogP contribution is 2.20. The number of methoxy groups -OCH3 is 1. The summed E-state index contributed by atoms with van der Waals surface area (Å²) in [6.45, 7) is 7.15. The van der Waals surface area contributed by atoms with Gasteiger partial charge in [0.1, 0.15) is 18.1 Å². The lowest BCUT2D eigenvalue weighted by molar-refractivity contribution is 0.146. The minimum absolute atomic E-state index is 0.549. The molecule has 28 heavy (non-hydrogen) atoms. The van der Waals surface area contributed by atoms with Gasteiger partial charge in [-0.15, -0.1) is 0 Å².